The lowest BCUT2D eigenvalue weighted by atomic mass is 9.86. The molecule has 0 saturated carbocycles. The molecule has 0 aliphatic carbocycles. The molecule has 0 bridgehead atoms. The molecule has 31 heavy (non-hydrogen) atoms. The predicted molar refractivity (Wildman–Crippen MR) is 123 cm³/mol. The van der Waals surface area contributed by atoms with Crippen molar-refractivity contribution in [1.29, 1.82) is 0 Å². The summed E-state index contributed by atoms with van der Waals surface area (Å²) in [5.74, 6) is 0.588. The van der Waals surface area contributed by atoms with Gasteiger partial charge in [-0.2, -0.15) is 0 Å². The van der Waals surface area contributed by atoms with Crippen LogP contribution >= 0.6 is 0 Å². The predicted octanol–water partition coefficient (Wildman–Crippen LogP) is 3.72. The minimum absolute atomic E-state index is 0.0240. The fourth-order valence-corrected chi connectivity index (χ4v) is 5.27. The van der Waals surface area contributed by atoms with Crippen LogP contribution in [0.4, 0.5) is 0 Å². The maximum Gasteiger partial charge on any atom is 0.251 e. The van der Waals surface area contributed by atoms with Gasteiger partial charge in [-0.25, -0.2) is 12.7 Å². The highest BCUT2D eigenvalue weighted by atomic mass is 32.2. The van der Waals surface area contributed by atoms with Crippen molar-refractivity contribution in [3.05, 3.63) is 65.2 Å². The third-order valence-electron chi connectivity index (χ3n) is 5.36. The van der Waals surface area contributed by atoms with E-state index >= 15 is 0 Å². The second-order valence-corrected chi connectivity index (χ2v) is 10.9. The number of hydrogen-bond acceptors (Lipinski definition) is 4. The Morgan fingerprint density at radius 2 is 1.68 bits per heavy atom. The summed E-state index contributed by atoms with van der Waals surface area (Å²) in [6.07, 6.45) is 1.84. The van der Waals surface area contributed by atoms with E-state index in [-0.39, 0.29) is 17.1 Å². The van der Waals surface area contributed by atoms with Gasteiger partial charge in [-0.15, -0.1) is 0 Å². The first kappa shape index (κ1) is 23.3. The van der Waals surface area contributed by atoms with Gasteiger partial charge in [-0.3, -0.25) is 4.79 Å². The number of ether oxygens (including phenoxy) is 1. The summed E-state index contributed by atoms with van der Waals surface area (Å²) < 4.78 is 32.3. The molecule has 0 aromatic heterocycles. The molecule has 0 spiro atoms. The van der Waals surface area contributed by atoms with Crippen molar-refractivity contribution in [3.63, 3.8) is 0 Å². The van der Waals surface area contributed by atoms with Gasteiger partial charge in [0.25, 0.3) is 5.91 Å². The summed E-state index contributed by atoms with van der Waals surface area (Å²) in [6.45, 7) is 8.36. The molecule has 1 amide bonds. The van der Waals surface area contributed by atoms with E-state index in [0.717, 1.165) is 24.2 Å². The number of rotatable bonds is 8. The highest BCUT2D eigenvalue weighted by molar-refractivity contribution is 7.88. The van der Waals surface area contributed by atoms with Crippen LogP contribution in [0, 0.1) is 0 Å². The van der Waals surface area contributed by atoms with Gasteiger partial charge in [0.2, 0.25) is 10.0 Å². The number of benzene rings is 2. The van der Waals surface area contributed by atoms with Crippen LogP contribution in [0.3, 0.4) is 0 Å². The zero-order valence-corrected chi connectivity index (χ0v) is 19.4. The average Bonchev–Trinajstić information content (AvgIpc) is 3.27. The van der Waals surface area contributed by atoms with Gasteiger partial charge in [0.1, 0.15) is 12.4 Å². The van der Waals surface area contributed by atoms with Crippen molar-refractivity contribution >= 4 is 15.9 Å². The average molecular weight is 445 g/mol. The fraction of sp³-hybridized carbons (Fsp3) is 0.458. The minimum atomic E-state index is -3.29. The molecule has 2 aromatic rings. The maximum atomic E-state index is 12.4. The first-order chi connectivity index (χ1) is 14.7. The van der Waals surface area contributed by atoms with E-state index in [1.54, 1.807) is 28.6 Å². The van der Waals surface area contributed by atoms with Gasteiger partial charge < -0.3 is 10.1 Å². The molecular formula is C24H32N2O4S. The number of hydrogen-bond donors (Lipinski definition) is 1. The number of amides is 1. The van der Waals surface area contributed by atoms with E-state index in [2.05, 4.69) is 32.2 Å². The van der Waals surface area contributed by atoms with Crippen molar-refractivity contribution < 1.29 is 17.9 Å². The number of carbonyl (C=O) groups excluding carboxylic acids is 1. The molecule has 1 aliphatic rings. The Morgan fingerprint density at radius 3 is 2.32 bits per heavy atom. The van der Waals surface area contributed by atoms with Crippen molar-refractivity contribution in [3.8, 4) is 5.75 Å². The van der Waals surface area contributed by atoms with Gasteiger partial charge >= 0.3 is 0 Å². The second-order valence-electron chi connectivity index (χ2n) is 8.91. The molecule has 1 N–H and O–H groups in total. The SMILES string of the molecule is CC(C)(C)c1ccccc1OCCNC(=O)c1ccc(CS(=O)(=O)N2CCCC2)cc1. The monoisotopic (exact) mass is 444 g/mol. The Morgan fingerprint density at radius 1 is 1.03 bits per heavy atom. The third-order valence-corrected chi connectivity index (χ3v) is 7.21. The van der Waals surface area contributed by atoms with Crippen LogP contribution in [-0.2, 0) is 21.2 Å². The summed E-state index contributed by atoms with van der Waals surface area (Å²) in [4.78, 5) is 12.4. The molecule has 0 radical (unpaired) electrons. The Hall–Kier alpha value is -2.38. The Balaban J connectivity index is 1.49. The molecule has 1 aliphatic heterocycles. The van der Waals surface area contributed by atoms with E-state index in [0.29, 0.717) is 37.4 Å². The van der Waals surface area contributed by atoms with Crippen LogP contribution in [0.25, 0.3) is 0 Å². The van der Waals surface area contributed by atoms with E-state index in [4.69, 9.17) is 4.74 Å². The fourth-order valence-electron chi connectivity index (χ4n) is 3.66. The molecule has 1 saturated heterocycles. The standard InChI is InChI=1S/C24H32N2O4S/c1-24(2,3)21-8-4-5-9-22(21)30-17-14-25-23(27)20-12-10-19(11-13-20)18-31(28,29)26-15-6-7-16-26/h4-5,8-13H,6-7,14-18H2,1-3H3,(H,25,27). The zero-order valence-electron chi connectivity index (χ0n) is 18.6. The molecule has 2 aromatic carbocycles. The number of sulfonamides is 1. The number of nitrogens with zero attached hydrogens (tertiary/aromatic N) is 1. The van der Waals surface area contributed by atoms with Crippen LogP contribution in [-0.4, -0.2) is 44.9 Å². The topological polar surface area (TPSA) is 75.7 Å². The lowest BCUT2D eigenvalue weighted by molar-refractivity contribution is 0.0947. The summed E-state index contributed by atoms with van der Waals surface area (Å²) >= 11 is 0. The molecule has 0 unspecified atom stereocenters. The Kier molecular flexibility index (Phi) is 7.38. The highest BCUT2D eigenvalue weighted by Crippen LogP contribution is 2.30. The van der Waals surface area contributed by atoms with E-state index in [1.807, 2.05) is 18.2 Å². The molecule has 7 heteroatoms. The van der Waals surface area contributed by atoms with Crippen LogP contribution < -0.4 is 10.1 Å². The summed E-state index contributed by atoms with van der Waals surface area (Å²) in [6, 6.07) is 14.7. The lowest BCUT2D eigenvalue weighted by Crippen LogP contribution is -2.29. The molecule has 0 atom stereocenters. The Bertz CT molecular complexity index is 989. The molecule has 168 valence electrons. The van der Waals surface area contributed by atoms with Crippen LogP contribution in [0.15, 0.2) is 48.5 Å². The maximum absolute atomic E-state index is 12.4. The quantitative estimate of drug-likeness (QED) is 0.630. The highest BCUT2D eigenvalue weighted by Gasteiger charge is 2.25. The number of para-hydroxylation sites is 1. The first-order valence-corrected chi connectivity index (χ1v) is 12.3. The normalized spacial score (nSPS) is 15.1. The minimum Gasteiger partial charge on any atom is -0.491 e. The van der Waals surface area contributed by atoms with Crippen LogP contribution in [0.2, 0.25) is 0 Å². The summed E-state index contributed by atoms with van der Waals surface area (Å²) in [5.41, 5.74) is 2.29. The van der Waals surface area contributed by atoms with E-state index in [9.17, 15) is 13.2 Å². The largest absolute Gasteiger partial charge is 0.491 e. The second kappa shape index (κ2) is 9.83. The molecular weight excluding hydrogens is 412 g/mol. The van der Waals surface area contributed by atoms with Crippen molar-refractivity contribution in [2.45, 2.75) is 44.8 Å². The van der Waals surface area contributed by atoms with Crippen LogP contribution in [0.1, 0.15) is 55.1 Å². The Labute approximate surface area is 185 Å². The third kappa shape index (κ3) is 6.31. The molecule has 1 fully saturated rings. The van der Waals surface area contributed by atoms with Gasteiger partial charge in [0.05, 0.1) is 12.3 Å². The van der Waals surface area contributed by atoms with Gasteiger partial charge in [0, 0.05) is 18.7 Å². The summed E-state index contributed by atoms with van der Waals surface area (Å²) in [5, 5.41) is 2.85. The summed E-state index contributed by atoms with van der Waals surface area (Å²) in [7, 11) is -3.29. The van der Waals surface area contributed by atoms with Gasteiger partial charge in [0.15, 0.2) is 0 Å². The first-order valence-electron chi connectivity index (χ1n) is 10.7. The van der Waals surface area contributed by atoms with Crippen LogP contribution in [0.5, 0.6) is 5.75 Å². The smallest absolute Gasteiger partial charge is 0.251 e. The van der Waals surface area contributed by atoms with E-state index in [1.165, 1.54) is 0 Å². The zero-order chi connectivity index (χ0) is 22.5. The molecule has 6 nitrogen and oxygen atoms in total. The van der Waals surface area contributed by atoms with E-state index < -0.39 is 10.0 Å². The molecule has 3 rings (SSSR count). The van der Waals surface area contributed by atoms with Crippen molar-refractivity contribution in [2.24, 2.45) is 0 Å². The van der Waals surface area contributed by atoms with Crippen molar-refractivity contribution in [2.75, 3.05) is 26.2 Å². The molecule has 1 heterocycles. The number of nitrogens with one attached hydrogen (secondary N) is 1. The van der Waals surface area contributed by atoms with Gasteiger partial charge in [-0.05, 0) is 47.6 Å². The number of carbonyl (C=O) groups is 1. The van der Waals surface area contributed by atoms with Crippen molar-refractivity contribution in [1.82, 2.24) is 9.62 Å². The lowest BCUT2D eigenvalue weighted by Gasteiger charge is -2.22. The van der Waals surface area contributed by atoms with Gasteiger partial charge in [-0.1, -0.05) is 51.1 Å².